The van der Waals surface area contributed by atoms with Crippen LogP contribution in [-0.2, 0) is 6.42 Å². The predicted molar refractivity (Wildman–Crippen MR) is 124 cm³/mol. The van der Waals surface area contributed by atoms with E-state index < -0.39 is 5.97 Å². The van der Waals surface area contributed by atoms with E-state index >= 15 is 0 Å². The summed E-state index contributed by atoms with van der Waals surface area (Å²) in [5.74, 6) is -0.540. The molecule has 32 heavy (non-hydrogen) atoms. The first-order valence-electron chi connectivity index (χ1n) is 10.9. The molecule has 4 nitrogen and oxygen atoms in total. The Morgan fingerprint density at radius 1 is 0.938 bits per heavy atom. The Morgan fingerprint density at radius 2 is 1.66 bits per heavy atom. The van der Waals surface area contributed by atoms with Crippen molar-refractivity contribution in [2.75, 3.05) is 0 Å². The highest BCUT2D eigenvalue weighted by Crippen LogP contribution is 2.27. The lowest BCUT2D eigenvalue weighted by atomic mass is 10.1. The summed E-state index contributed by atoms with van der Waals surface area (Å²) in [7, 11) is 0. The minimum atomic E-state index is -0.465. The Balaban J connectivity index is 1.59. The normalized spacial score (nSPS) is 10.8. The topological polar surface area (TPSA) is 44.1 Å². The zero-order chi connectivity index (χ0) is 22.3. The molecule has 0 bridgehead atoms. The van der Waals surface area contributed by atoms with E-state index in [4.69, 9.17) is 4.74 Å². The second-order valence-electron chi connectivity index (χ2n) is 7.67. The molecular weight excluding hydrogens is 403 g/mol. The Bertz CT molecular complexity index is 1170. The minimum Gasteiger partial charge on any atom is -0.404 e. The van der Waals surface area contributed by atoms with Crippen LogP contribution in [0.1, 0.15) is 42.1 Å². The molecule has 0 saturated carbocycles. The van der Waals surface area contributed by atoms with Gasteiger partial charge in [0.2, 0.25) is 5.88 Å². The van der Waals surface area contributed by atoms with Crippen LogP contribution in [0.2, 0.25) is 0 Å². The van der Waals surface area contributed by atoms with E-state index in [-0.39, 0.29) is 11.7 Å². The number of aryl methyl sites for hydroxylation is 1. The highest BCUT2D eigenvalue weighted by molar-refractivity contribution is 5.91. The number of carbonyl (C=O) groups excluding carboxylic acids is 1. The monoisotopic (exact) mass is 428 g/mol. The summed E-state index contributed by atoms with van der Waals surface area (Å²) in [6.07, 6.45) is 4.51. The molecule has 5 heteroatoms. The number of hydrogen-bond donors (Lipinski definition) is 0. The second-order valence-corrected chi connectivity index (χ2v) is 7.67. The van der Waals surface area contributed by atoms with Gasteiger partial charge in [-0.3, -0.25) is 0 Å². The number of unbranched alkanes of at least 4 members (excludes halogenated alkanes) is 2. The molecule has 1 heterocycles. The van der Waals surface area contributed by atoms with Crippen molar-refractivity contribution in [1.29, 1.82) is 0 Å². The molecule has 0 N–H and O–H groups in total. The Hall–Kier alpha value is -3.73. The molecule has 0 amide bonds. The molecule has 3 aromatic carbocycles. The summed E-state index contributed by atoms with van der Waals surface area (Å²) in [5.41, 5.74) is 3.82. The molecule has 0 aliphatic heterocycles. The van der Waals surface area contributed by atoms with Crippen molar-refractivity contribution in [3.05, 3.63) is 102 Å². The van der Waals surface area contributed by atoms with Crippen LogP contribution in [0, 0.1) is 5.82 Å². The van der Waals surface area contributed by atoms with Crippen LogP contribution in [0.25, 0.3) is 16.9 Å². The first kappa shape index (κ1) is 21.5. The smallest absolute Gasteiger partial charge is 0.344 e. The Kier molecular flexibility index (Phi) is 6.75. The maximum absolute atomic E-state index is 13.4. The lowest BCUT2D eigenvalue weighted by molar-refractivity contribution is 0.0723. The Labute approximate surface area is 187 Å². The molecule has 4 rings (SSSR count). The van der Waals surface area contributed by atoms with E-state index in [2.05, 4.69) is 12.0 Å². The highest BCUT2D eigenvalue weighted by Gasteiger charge is 2.17. The van der Waals surface area contributed by atoms with Gasteiger partial charge >= 0.3 is 5.97 Å². The maximum atomic E-state index is 13.4. The summed E-state index contributed by atoms with van der Waals surface area (Å²) in [6, 6.07) is 24.8. The number of halogens is 1. The van der Waals surface area contributed by atoms with Crippen LogP contribution >= 0.6 is 0 Å². The summed E-state index contributed by atoms with van der Waals surface area (Å²) >= 11 is 0. The molecular formula is C27H25FN2O2. The highest BCUT2D eigenvalue weighted by atomic mass is 19.1. The molecule has 4 aromatic rings. The summed E-state index contributed by atoms with van der Waals surface area (Å²) in [4.78, 5) is 12.8. The Morgan fingerprint density at radius 3 is 2.34 bits per heavy atom. The van der Waals surface area contributed by atoms with Gasteiger partial charge in [-0.2, -0.15) is 5.10 Å². The number of rotatable bonds is 8. The van der Waals surface area contributed by atoms with E-state index in [1.165, 1.54) is 35.2 Å². The van der Waals surface area contributed by atoms with Crippen LogP contribution in [0.15, 0.2) is 84.9 Å². The second kappa shape index (κ2) is 10.1. The number of aromatic nitrogens is 2. The average molecular weight is 429 g/mol. The molecule has 0 spiro atoms. The SMILES string of the molecule is CCCCCc1ccc(C(=O)Oc2cc(-c3ccccc3)nn2-c2ccc(F)cc2)cc1. The van der Waals surface area contributed by atoms with Gasteiger partial charge in [-0.25, -0.2) is 13.9 Å². The molecule has 0 aliphatic carbocycles. The van der Waals surface area contributed by atoms with E-state index in [9.17, 15) is 9.18 Å². The largest absolute Gasteiger partial charge is 0.404 e. The van der Waals surface area contributed by atoms with Gasteiger partial charge in [-0.05, 0) is 54.8 Å². The van der Waals surface area contributed by atoms with Gasteiger partial charge < -0.3 is 4.74 Å². The average Bonchev–Trinajstić information content (AvgIpc) is 3.24. The number of hydrogen-bond acceptors (Lipinski definition) is 3. The van der Waals surface area contributed by atoms with Gasteiger partial charge in [-0.1, -0.05) is 62.2 Å². The zero-order valence-corrected chi connectivity index (χ0v) is 18.0. The molecule has 0 radical (unpaired) electrons. The van der Waals surface area contributed by atoms with Crippen molar-refractivity contribution >= 4 is 5.97 Å². The molecule has 1 aromatic heterocycles. The van der Waals surface area contributed by atoms with Gasteiger partial charge in [0.25, 0.3) is 0 Å². The van der Waals surface area contributed by atoms with Crippen LogP contribution < -0.4 is 4.74 Å². The fourth-order valence-corrected chi connectivity index (χ4v) is 3.49. The van der Waals surface area contributed by atoms with E-state index in [0.717, 1.165) is 18.4 Å². The molecule has 162 valence electrons. The lowest BCUT2D eigenvalue weighted by Gasteiger charge is -2.08. The standard InChI is InChI=1S/C27H25FN2O2/c1-2-3-5-8-20-11-13-22(14-12-20)27(31)32-26-19-25(21-9-6-4-7-10-21)29-30(26)24-17-15-23(28)16-18-24/h4,6-7,9-19H,2-3,5,8H2,1H3. The van der Waals surface area contributed by atoms with Gasteiger partial charge in [0.15, 0.2) is 0 Å². The van der Waals surface area contributed by atoms with Gasteiger partial charge in [-0.15, -0.1) is 0 Å². The van der Waals surface area contributed by atoms with Crippen molar-refractivity contribution < 1.29 is 13.9 Å². The number of carbonyl (C=O) groups is 1. The van der Waals surface area contributed by atoms with Crippen molar-refractivity contribution in [3.63, 3.8) is 0 Å². The first-order valence-corrected chi connectivity index (χ1v) is 10.9. The fourth-order valence-electron chi connectivity index (χ4n) is 3.49. The van der Waals surface area contributed by atoms with Crippen molar-refractivity contribution in [3.8, 4) is 22.8 Å². The first-order chi connectivity index (χ1) is 15.6. The van der Waals surface area contributed by atoms with Gasteiger partial charge in [0.1, 0.15) is 5.82 Å². The van der Waals surface area contributed by atoms with E-state index in [1.807, 2.05) is 42.5 Å². The molecule has 0 atom stereocenters. The minimum absolute atomic E-state index is 0.271. The quantitative estimate of drug-likeness (QED) is 0.234. The zero-order valence-electron chi connectivity index (χ0n) is 18.0. The molecule has 0 unspecified atom stereocenters. The van der Waals surface area contributed by atoms with Crippen molar-refractivity contribution in [2.24, 2.45) is 0 Å². The van der Waals surface area contributed by atoms with E-state index in [0.29, 0.717) is 16.9 Å². The number of ether oxygens (including phenoxy) is 1. The van der Waals surface area contributed by atoms with Crippen LogP contribution in [0.3, 0.4) is 0 Å². The third-order valence-electron chi connectivity index (χ3n) is 5.27. The van der Waals surface area contributed by atoms with Crippen LogP contribution in [0.4, 0.5) is 4.39 Å². The summed E-state index contributed by atoms with van der Waals surface area (Å²) in [5, 5.41) is 4.60. The van der Waals surface area contributed by atoms with E-state index in [1.54, 1.807) is 30.3 Å². The third-order valence-corrected chi connectivity index (χ3v) is 5.27. The van der Waals surface area contributed by atoms with Gasteiger partial charge in [0, 0.05) is 11.6 Å². The van der Waals surface area contributed by atoms with Crippen LogP contribution in [-0.4, -0.2) is 15.7 Å². The van der Waals surface area contributed by atoms with Crippen LogP contribution in [0.5, 0.6) is 5.88 Å². The molecule has 0 saturated heterocycles. The summed E-state index contributed by atoms with van der Waals surface area (Å²) < 4.78 is 20.7. The van der Waals surface area contributed by atoms with Crippen molar-refractivity contribution in [2.45, 2.75) is 32.6 Å². The predicted octanol–water partition coefficient (Wildman–Crippen LogP) is 6.63. The number of esters is 1. The maximum Gasteiger partial charge on any atom is 0.344 e. The van der Waals surface area contributed by atoms with Crippen molar-refractivity contribution in [1.82, 2.24) is 9.78 Å². The summed E-state index contributed by atoms with van der Waals surface area (Å²) in [6.45, 7) is 2.18. The fraction of sp³-hybridized carbons (Fsp3) is 0.185. The third kappa shape index (κ3) is 5.11. The number of nitrogens with zero attached hydrogens (tertiary/aromatic N) is 2. The molecule has 0 fully saturated rings. The number of benzene rings is 3. The van der Waals surface area contributed by atoms with Gasteiger partial charge in [0.05, 0.1) is 16.9 Å². The lowest BCUT2D eigenvalue weighted by Crippen LogP contribution is -2.11. The molecule has 0 aliphatic rings.